The fourth-order valence-corrected chi connectivity index (χ4v) is 2.60. The molecule has 13 heavy (non-hydrogen) atoms. The van der Waals surface area contributed by atoms with Crippen molar-refractivity contribution in [1.29, 1.82) is 0 Å². The zero-order valence-electron chi connectivity index (χ0n) is 9.47. The van der Waals surface area contributed by atoms with Gasteiger partial charge in [0.2, 0.25) is 0 Å². The van der Waals surface area contributed by atoms with Crippen molar-refractivity contribution in [3.8, 4) is 0 Å². The Morgan fingerprint density at radius 2 is 2.08 bits per heavy atom. The number of hydrogen-bond donors (Lipinski definition) is 1. The summed E-state index contributed by atoms with van der Waals surface area (Å²) in [6.07, 6.45) is 5.61. The van der Waals surface area contributed by atoms with Crippen LogP contribution in [0.2, 0.25) is 0 Å². The van der Waals surface area contributed by atoms with Gasteiger partial charge in [0.15, 0.2) is 0 Å². The molecule has 1 aliphatic heterocycles. The van der Waals surface area contributed by atoms with E-state index in [-0.39, 0.29) is 0 Å². The van der Waals surface area contributed by atoms with Gasteiger partial charge in [0.25, 0.3) is 0 Å². The van der Waals surface area contributed by atoms with Crippen LogP contribution in [0.15, 0.2) is 0 Å². The molecule has 0 aromatic rings. The molecule has 1 nitrogen and oxygen atoms in total. The zero-order chi connectivity index (χ0) is 9.68. The van der Waals surface area contributed by atoms with Crippen molar-refractivity contribution in [2.45, 2.75) is 46.5 Å². The van der Waals surface area contributed by atoms with E-state index in [1.165, 1.54) is 38.8 Å². The van der Waals surface area contributed by atoms with E-state index in [4.69, 9.17) is 0 Å². The minimum absolute atomic E-state index is 0.860. The van der Waals surface area contributed by atoms with E-state index in [0.717, 1.165) is 17.8 Å². The fourth-order valence-electron chi connectivity index (χ4n) is 2.60. The van der Waals surface area contributed by atoms with Crippen LogP contribution in [0.1, 0.15) is 46.5 Å². The molecule has 0 bridgehead atoms. The van der Waals surface area contributed by atoms with Crippen LogP contribution in [-0.4, -0.2) is 13.1 Å². The molecule has 1 saturated heterocycles. The van der Waals surface area contributed by atoms with E-state index in [9.17, 15) is 0 Å². The Labute approximate surface area is 83.3 Å². The van der Waals surface area contributed by atoms with Crippen LogP contribution in [0.5, 0.6) is 0 Å². The second-order valence-corrected chi connectivity index (χ2v) is 4.90. The highest BCUT2D eigenvalue weighted by Gasteiger charge is 2.22. The van der Waals surface area contributed by atoms with Gasteiger partial charge in [-0.1, -0.05) is 27.2 Å². The van der Waals surface area contributed by atoms with Gasteiger partial charge in [0.05, 0.1) is 0 Å². The lowest BCUT2D eigenvalue weighted by atomic mass is 9.82. The molecule has 1 rings (SSSR count). The van der Waals surface area contributed by atoms with Crippen LogP contribution >= 0.6 is 0 Å². The molecule has 1 heterocycles. The van der Waals surface area contributed by atoms with Gasteiger partial charge in [-0.3, -0.25) is 0 Å². The van der Waals surface area contributed by atoms with Crippen molar-refractivity contribution in [1.82, 2.24) is 5.32 Å². The van der Waals surface area contributed by atoms with Crippen molar-refractivity contribution in [3.05, 3.63) is 0 Å². The maximum Gasteiger partial charge on any atom is -0.00178 e. The topological polar surface area (TPSA) is 12.0 Å². The second-order valence-electron chi connectivity index (χ2n) is 4.90. The average Bonchev–Trinajstić information content (AvgIpc) is 2.28. The summed E-state index contributed by atoms with van der Waals surface area (Å²) in [5.41, 5.74) is 0. The summed E-state index contributed by atoms with van der Waals surface area (Å²) in [6, 6.07) is 0. The molecule has 2 atom stereocenters. The lowest BCUT2D eigenvalue weighted by molar-refractivity contribution is 0.271. The third-order valence-electron chi connectivity index (χ3n) is 3.30. The molecule has 0 amide bonds. The summed E-state index contributed by atoms with van der Waals surface area (Å²) in [6.45, 7) is 9.54. The van der Waals surface area contributed by atoms with Gasteiger partial charge < -0.3 is 5.32 Å². The van der Waals surface area contributed by atoms with Crippen LogP contribution in [0.25, 0.3) is 0 Å². The normalized spacial score (nSPS) is 30.5. The summed E-state index contributed by atoms with van der Waals surface area (Å²) < 4.78 is 0. The van der Waals surface area contributed by atoms with E-state index < -0.39 is 0 Å². The summed E-state index contributed by atoms with van der Waals surface area (Å²) in [4.78, 5) is 0. The summed E-state index contributed by atoms with van der Waals surface area (Å²) in [5.74, 6) is 2.78. The molecule has 2 unspecified atom stereocenters. The smallest absolute Gasteiger partial charge is 0.00178 e. The van der Waals surface area contributed by atoms with Gasteiger partial charge >= 0.3 is 0 Å². The number of hydrogen-bond acceptors (Lipinski definition) is 1. The Hall–Kier alpha value is -0.0400. The molecule has 1 aliphatic rings. The van der Waals surface area contributed by atoms with Crippen LogP contribution in [0.4, 0.5) is 0 Å². The van der Waals surface area contributed by atoms with Crippen molar-refractivity contribution in [2.24, 2.45) is 17.8 Å². The third-order valence-corrected chi connectivity index (χ3v) is 3.30. The molecular formula is C12H25N. The molecule has 0 aliphatic carbocycles. The lowest BCUT2D eigenvalue weighted by Gasteiger charge is -2.25. The van der Waals surface area contributed by atoms with E-state index in [1.54, 1.807) is 0 Å². The number of nitrogens with one attached hydrogen (secondary N) is 1. The predicted octanol–water partition coefficient (Wildman–Crippen LogP) is 3.06. The quantitative estimate of drug-likeness (QED) is 0.709. The van der Waals surface area contributed by atoms with Gasteiger partial charge in [0.1, 0.15) is 0 Å². The molecule has 1 N–H and O–H groups in total. The Morgan fingerprint density at radius 1 is 1.31 bits per heavy atom. The van der Waals surface area contributed by atoms with Crippen molar-refractivity contribution >= 4 is 0 Å². The van der Waals surface area contributed by atoms with Gasteiger partial charge in [-0.2, -0.15) is 0 Å². The highest BCUT2D eigenvalue weighted by atomic mass is 14.9. The molecule has 0 aromatic carbocycles. The minimum atomic E-state index is 0.860. The van der Waals surface area contributed by atoms with Crippen LogP contribution in [0, 0.1) is 17.8 Å². The first-order chi connectivity index (χ1) is 6.24. The van der Waals surface area contributed by atoms with E-state index in [0.29, 0.717) is 0 Å². The molecule has 78 valence electrons. The highest BCUT2D eigenvalue weighted by molar-refractivity contribution is 4.76. The average molecular weight is 183 g/mol. The fraction of sp³-hybridized carbons (Fsp3) is 1.00. The molecule has 0 saturated carbocycles. The van der Waals surface area contributed by atoms with E-state index in [2.05, 4.69) is 26.1 Å². The minimum Gasteiger partial charge on any atom is -0.316 e. The molecule has 0 radical (unpaired) electrons. The lowest BCUT2D eigenvalue weighted by Crippen LogP contribution is -2.25. The van der Waals surface area contributed by atoms with Crippen LogP contribution < -0.4 is 5.32 Å². The first-order valence-corrected chi connectivity index (χ1v) is 5.94. The monoisotopic (exact) mass is 183 g/mol. The van der Waals surface area contributed by atoms with Crippen molar-refractivity contribution < 1.29 is 0 Å². The van der Waals surface area contributed by atoms with Crippen LogP contribution in [-0.2, 0) is 0 Å². The largest absolute Gasteiger partial charge is 0.316 e. The first-order valence-electron chi connectivity index (χ1n) is 5.94. The van der Waals surface area contributed by atoms with Gasteiger partial charge in [-0.05, 0) is 50.1 Å². The van der Waals surface area contributed by atoms with Crippen LogP contribution in [0.3, 0.4) is 0 Å². The Kier molecular flexibility index (Phi) is 4.79. The Balaban J connectivity index is 2.44. The molecule has 0 aromatic heterocycles. The third kappa shape index (κ3) is 3.68. The summed E-state index contributed by atoms with van der Waals surface area (Å²) in [7, 11) is 0. The number of rotatable bonds is 3. The maximum atomic E-state index is 3.57. The SMILES string of the molecule is CCC1CCCNCC1CC(C)C. The Morgan fingerprint density at radius 3 is 2.69 bits per heavy atom. The maximum absolute atomic E-state index is 3.57. The van der Waals surface area contributed by atoms with Gasteiger partial charge in [-0.25, -0.2) is 0 Å². The second kappa shape index (κ2) is 5.64. The summed E-state index contributed by atoms with van der Waals surface area (Å²) >= 11 is 0. The Bertz CT molecular complexity index is 131. The van der Waals surface area contributed by atoms with E-state index in [1.807, 2.05) is 0 Å². The molecular weight excluding hydrogens is 158 g/mol. The standard InChI is InChI=1S/C12H25N/c1-4-11-6-5-7-13-9-12(11)8-10(2)3/h10-13H,4-9H2,1-3H3. The molecule has 1 heteroatoms. The van der Waals surface area contributed by atoms with E-state index >= 15 is 0 Å². The molecule has 1 fully saturated rings. The first kappa shape index (κ1) is 11.0. The summed E-state index contributed by atoms with van der Waals surface area (Å²) in [5, 5.41) is 3.57. The van der Waals surface area contributed by atoms with Gasteiger partial charge in [-0.15, -0.1) is 0 Å². The predicted molar refractivity (Wildman–Crippen MR) is 58.8 cm³/mol. The van der Waals surface area contributed by atoms with Crippen molar-refractivity contribution in [2.75, 3.05) is 13.1 Å². The van der Waals surface area contributed by atoms with Gasteiger partial charge in [0, 0.05) is 0 Å². The van der Waals surface area contributed by atoms with Crippen molar-refractivity contribution in [3.63, 3.8) is 0 Å². The highest BCUT2D eigenvalue weighted by Crippen LogP contribution is 2.28. The zero-order valence-corrected chi connectivity index (χ0v) is 9.47. The molecule has 0 spiro atoms.